The molecule has 7 heteroatoms. The van der Waals surface area contributed by atoms with Gasteiger partial charge in [-0.05, 0) is 13.8 Å². The summed E-state index contributed by atoms with van der Waals surface area (Å²) in [6.07, 6.45) is 0. The van der Waals surface area contributed by atoms with Crippen molar-refractivity contribution < 1.29 is 14.1 Å². The van der Waals surface area contributed by atoms with Crippen LogP contribution in [0.15, 0.2) is 10.6 Å². The number of amides is 1. The summed E-state index contributed by atoms with van der Waals surface area (Å²) in [5, 5.41) is 3.79. The van der Waals surface area contributed by atoms with Gasteiger partial charge in [0.25, 0.3) is 5.91 Å². The lowest BCUT2D eigenvalue weighted by molar-refractivity contribution is 0.0169. The van der Waals surface area contributed by atoms with Crippen LogP contribution in [0, 0.1) is 6.92 Å². The number of hydrogen-bond donors (Lipinski definition) is 0. The molecule has 0 aliphatic carbocycles. The van der Waals surface area contributed by atoms with Crippen molar-refractivity contribution in [2.24, 2.45) is 0 Å². The van der Waals surface area contributed by atoms with E-state index < -0.39 is 0 Å². The summed E-state index contributed by atoms with van der Waals surface area (Å²) in [6.45, 7) is 12.2. The molecule has 0 saturated carbocycles. The molecule has 0 aromatic carbocycles. The summed E-state index contributed by atoms with van der Waals surface area (Å²) >= 11 is 0. The smallest absolute Gasteiger partial charge is 0.292 e. The fraction of sp³-hybridized carbons (Fsp3) is 0.750. The van der Waals surface area contributed by atoms with Crippen LogP contribution in [0.3, 0.4) is 0 Å². The average molecular weight is 322 g/mol. The third-order valence-electron chi connectivity index (χ3n) is 4.69. The Morgan fingerprint density at radius 3 is 2.52 bits per heavy atom. The second-order valence-corrected chi connectivity index (χ2v) is 6.42. The van der Waals surface area contributed by atoms with Gasteiger partial charge in [0.05, 0.1) is 18.9 Å². The van der Waals surface area contributed by atoms with Crippen molar-refractivity contribution in [2.75, 3.05) is 59.0 Å². The Morgan fingerprint density at radius 2 is 1.91 bits per heavy atom. The summed E-state index contributed by atoms with van der Waals surface area (Å²) in [5.74, 6) is 0.295. The number of piperazine rings is 1. The van der Waals surface area contributed by atoms with Crippen molar-refractivity contribution in [1.82, 2.24) is 19.9 Å². The van der Waals surface area contributed by atoms with Crippen LogP contribution in [-0.2, 0) is 4.74 Å². The van der Waals surface area contributed by atoms with Gasteiger partial charge in [-0.25, -0.2) is 0 Å². The van der Waals surface area contributed by atoms with Gasteiger partial charge in [-0.2, -0.15) is 0 Å². The van der Waals surface area contributed by atoms with E-state index in [1.807, 2.05) is 11.8 Å². The maximum atomic E-state index is 12.4. The Bertz CT molecular complexity index is 519. The van der Waals surface area contributed by atoms with E-state index in [9.17, 15) is 4.79 Å². The minimum atomic E-state index is -0.0499. The second-order valence-electron chi connectivity index (χ2n) is 6.42. The van der Waals surface area contributed by atoms with Gasteiger partial charge in [0.2, 0.25) is 5.76 Å². The maximum absolute atomic E-state index is 12.4. The van der Waals surface area contributed by atoms with Crippen LogP contribution in [0.25, 0.3) is 0 Å². The number of hydrogen-bond acceptors (Lipinski definition) is 6. The Balaban J connectivity index is 1.46. The highest BCUT2D eigenvalue weighted by atomic mass is 16.5. The topological polar surface area (TPSA) is 62.1 Å². The van der Waals surface area contributed by atoms with E-state index >= 15 is 0 Å². The highest BCUT2D eigenvalue weighted by Crippen LogP contribution is 2.12. The zero-order chi connectivity index (χ0) is 16.2. The van der Waals surface area contributed by atoms with E-state index in [0.717, 1.165) is 64.7 Å². The molecule has 0 spiro atoms. The van der Waals surface area contributed by atoms with E-state index in [1.165, 1.54) is 0 Å². The minimum Gasteiger partial charge on any atom is -0.379 e. The molecule has 3 heterocycles. The third kappa shape index (κ3) is 4.10. The van der Waals surface area contributed by atoms with Crippen LogP contribution in [0.5, 0.6) is 0 Å². The van der Waals surface area contributed by atoms with Gasteiger partial charge in [-0.1, -0.05) is 5.16 Å². The van der Waals surface area contributed by atoms with Crippen molar-refractivity contribution >= 4 is 5.91 Å². The van der Waals surface area contributed by atoms with Crippen LogP contribution >= 0.6 is 0 Å². The fourth-order valence-electron chi connectivity index (χ4n) is 3.26. The average Bonchev–Trinajstić information content (AvgIpc) is 3.02. The summed E-state index contributed by atoms with van der Waals surface area (Å²) in [4.78, 5) is 19.1. The SMILES string of the molecule is Cc1cc(C(=O)N2CCN([C@@H](C)CN3CCOCC3)CC2)on1. The predicted molar refractivity (Wildman–Crippen MR) is 85.4 cm³/mol. The first-order valence-electron chi connectivity index (χ1n) is 8.40. The summed E-state index contributed by atoms with van der Waals surface area (Å²) in [5.41, 5.74) is 0.742. The van der Waals surface area contributed by atoms with Crippen LogP contribution in [0.2, 0.25) is 0 Å². The van der Waals surface area contributed by atoms with E-state index in [4.69, 9.17) is 9.26 Å². The van der Waals surface area contributed by atoms with Gasteiger partial charge in [0.1, 0.15) is 0 Å². The zero-order valence-electron chi connectivity index (χ0n) is 14.0. The number of carbonyl (C=O) groups excluding carboxylic acids is 1. The number of ether oxygens (including phenoxy) is 1. The molecule has 23 heavy (non-hydrogen) atoms. The molecule has 0 N–H and O–H groups in total. The molecule has 1 aromatic heterocycles. The third-order valence-corrected chi connectivity index (χ3v) is 4.69. The van der Waals surface area contributed by atoms with Crippen molar-refractivity contribution in [1.29, 1.82) is 0 Å². The van der Waals surface area contributed by atoms with Crippen LogP contribution < -0.4 is 0 Å². The lowest BCUT2D eigenvalue weighted by atomic mass is 10.2. The number of nitrogens with zero attached hydrogens (tertiary/aromatic N) is 4. The van der Waals surface area contributed by atoms with Crippen molar-refractivity contribution in [2.45, 2.75) is 19.9 Å². The normalized spacial score (nSPS) is 22.3. The number of aryl methyl sites for hydroxylation is 1. The number of rotatable bonds is 4. The van der Waals surface area contributed by atoms with Gasteiger partial charge in [0, 0.05) is 57.9 Å². The fourth-order valence-corrected chi connectivity index (χ4v) is 3.26. The molecular formula is C16H26N4O3. The molecule has 3 rings (SSSR count). The largest absolute Gasteiger partial charge is 0.379 e. The lowest BCUT2D eigenvalue weighted by Gasteiger charge is -2.40. The predicted octanol–water partition coefficient (Wildman–Crippen LogP) is 0.462. The minimum absolute atomic E-state index is 0.0499. The summed E-state index contributed by atoms with van der Waals surface area (Å²) < 4.78 is 10.5. The number of morpholine rings is 1. The van der Waals surface area contributed by atoms with E-state index in [-0.39, 0.29) is 5.91 Å². The molecule has 2 aliphatic rings. The maximum Gasteiger partial charge on any atom is 0.292 e. The van der Waals surface area contributed by atoms with Crippen molar-refractivity contribution in [3.8, 4) is 0 Å². The molecule has 128 valence electrons. The standard InChI is InChI=1S/C16H26N4O3/c1-13-11-15(23-17-13)16(21)20-5-3-19(4-6-20)14(2)12-18-7-9-22-10-8-18/h11,14H,3-10,12H2,1-2H3/t14-/m0/s1. The molecule has 0 bridgehead atoms. The van der Waals surface area contributed by atoms with E-state index in [1.54, 1.807) is 6.07 Å². The second kappa shape index (κ2) is 7.42. The number of aromatic nitrogens is 1. The van der Waals surface area contributed by atoms with E-state index in [0.29, 0.717) is 11.8 Å². The molecule has 2 aliphatic heterocycles. The summed E-state index contributed by atoms with van der Waals surface area (Å²) in [6, 6.07) is 2.20. The molecule has 2 saturated heterocycles. The monoisotopic (exact) mass is 322 g/mol. The Kier molecular flexibility index (Phi) is 5.30. The zero-order valence-corrected chi connectivity index (χ0v) is 14.0. The van der Waals surface area contributed by atoms with Gasteiger partial charge in [0.15, 0.2) is 0 Å². The van der Waals surface area contributed by atoms with E-state index in [2.05, 4.69) is 21.9 Å². The molecule has 7 nitrogen and oxygen atoms in total. The molecule has 1 amide bonds. The first kappa shape index (κ1) is 16.4. The molecule has 0 unspecified atom stereocenters. The molecule has 2 fully saturated rings. The molecule has 0 radical (unpaired) electrons. The highest BCUT2D eigenvalue weighted by Gasteiger charge is 2.27. The highest BCUT2D eigenvalue weighted by molar-refractivity contribution is 5.91. The quantitative estimate of drug-likeness (QED) is 0.803. The van der Waals surface area contributed by atoms with Crippen molar-refractivity contribution in [3.05, 3.63) is 17.5 Å². The molecular weight excluding hydrogens is 296 g/mol. The Morgan fingerprint density at radius 1 is 1.22 bits per heavy atom. The van der Waals surface area contributed by atoms with Gasteiger partial charge >= 0.3 is 0 Å². The van der Waals surface area contributed by atoms with Gasteiger partial charge in [-0.3, -0.25) is 14.6 Å². The van der Waals surface area contributed by atoms with Gasteiger partial charge in [-0.15, -0.1) is 0 Å². The summed E-state index contributed by atoms with van der Waals surface area (Å²) in [7, 11) is 0. The van der Waals surface area contributed by atoms with Crippen LogP contribution in [-0.4, -0.2) is 90.8 Å². The molecule has 1 aromatic rings. The van der Waals surface area contributed by atoms with Crippen LogP contribution in [0.4, 0.5) is 0 Å². The van der Waals surface area contributed by atoms with Gasteiger partial charge < -0.3 is 14.2 Å². The van der Waals surface area contributed by atoms with Crippen LogP contribution in [0.1, 0.15) is 23.2 Å². The first-order valence-corrected chi connectivity index (χ1v) is 8.40. The first-order chi connectivity index (χ1) is 11.1. The lowest BCUT2D eigenvalue weighted by Crippen LogP contribution is -2.54. The molecule has 1 atom stereocenters. The van der Waals surface area contributed by atoms with Crippen molar-refractivity contribution in [3.63, 3.8) is 0 Å². The Labute approximate surface area is 137 Å². The number of carbonyl (C=O) groups is 1. The Hall–Kier alpha value is -1.44.